The van der Waals surface area contributed by atoms with Gasteiger partial charge < -0.3 is 23.7 Å². The number of nitrogens with zero attached hydrogens (tertiary/aromatic N) is 2. The minimum absolute atomic E-state index is 0.0233. The van der Waals surface area contributed by atoms with Gasteiger partial charge in [-0.1, -0.05) is 0 Å². The minimum Gasteiger partial charge on any atom is -0.456 e. The summed E-state index contributed by atoms with van der Waals surface area (Å²) in [7, 11) is 4.08. The summed E-state index contributed by atoms with van der Waals surface area (Å²) in [4.78, 5) is 16.8. The van der Waals surface area contributed by atoms with Crippen LogP contribution in [0.1, 0.15) is 35.6 Å². The van der Waals surface area contributed by atoms with Crippen LogP contribution in [0.5, 0.6) is 0 Å². The molecule has 0 spiro atoms. The molecular formula is C19H30N2O4. The standard InChI is InChI=1S/C19H30N2O4/c1-15-5-6-16(25-15)18(22)21-9-7-17-19(13-21,8-4-11-24-17)14-23-12-10-20(2)3/h5-6,17H,4,7-14H2,1-3H3/t17-,19-/m0/s1. The SMILES string of the molecule is Cc1ccc(C(=O)N2CC[C@@H]3OCCC[C@@]3(COCCN(C)C)C2)o1. The quantitative estimate of drug-likeness (QED) is 0.736. The second-order valence-electron chi connectivity index (χ2n) is 7.61. The number of fused-ring (bicyclic) bond motifs is 1. The van der Waals surface area contributed by atoms with E-state index in [1.807, 2.05) is 32.0 Å². The monoisotopic (exact) mass is 350 g/mol. The molecule has 6 nitrogen and oxygen atoms in total. The maximum Gasteiger partial charge on any atom is 0.289 e. The van der Waals surface area contributed by atoms with Crippen LogP contribution in [0.15, 0.2) is 16.5 Å². The fourth-order valence-electron chi connectivity index (χ4n) is 3.90. The Balaban J connectivity index is 1.67. The van der Waals surface area contributed by atoms with Gasteiger partial charge in [-0.05, 0) is 52.4 Å². The van der Waals surface area contributed by atoms with Crippen molar-refractivity contribution in [3.05, 3.63) is 23.7 Å². The van der Waals surface area contributed by atoms with Gasteiger partial charge in [-0.25, -0.2) is 0 Å². The highest BCUT2D eigenvalue weighted by Crippen LogP contribution is 2.40. The Morgan fingerprint density at radius 1 is 1.44 bits per heavy atom. The number of carbonyl (C=O) groups excluding carboxylic acids is 1. The van der Waals surface area contributed by atoms with Crippen molar-refractivity contribution >= 4 is 5.91 Å². The van der Waals surface area contributed by atoms with Crippen LogP contribution < -0.4 is 0 Å². The first-order valence-corrected chi connectivity index (χ1v) is 9.20. The van der Waals surface area contributed by atoms with Gasteiger partial charge in [-0.2, -0.15) is 0 Å². The maximum atomic E-state index is 12.8. The summed E-state index contributed by atoms with van der Waals surface area (Å²) in [6.45, 7) is 6.31. The van der Waals surface area contributed by atoms with Crippen molar-refractivity contribution in [2.45, 2.75) is 32.3 Å². The lowest BCUT2D eigenvalue weighted by Crippen LogP contribution is -2.58. The van der Waals surface area contributed by atoms with Gasteiger partial charge in [0, 0.05) is 31.7 Å². The van der Waals surface area contributed by atoms with Crippen molar-refractivity contribution in [1.29, 1.82) is 0 Å². The van der Waals surface area contributed by atoms with Crippen molar-refractivity contribution in [3.63, 3.8) is 0 Å². The maximum absolute atomic E-state index is 12.8. The molecule has 2 aliphatic heterocycles. The average Bonchev–Trinajstić information content (AvgIpc) is 3.04. The largest absolute Gasteiger partial charge is 0.456 e. The molecule has 2 aliphatic rings. The first kappa shape index (κ1) is 18.4. The zero-order chi connectivity index (χ0) is 17.9. The van der Waals surface area contributed by atoms with Crippen molar-refractivity contribution in [1.82, 2.24) is 9.80 Å². The molecular weight excluding hydrogens is 320 g/mol. The molecule has 0 bridgehead atoms. The molecule has 2 atom stereocenters. The predicted octanol–water partition coefficient (Wildman–Crippen LogP) is 2.18. The zero-order valence-electron chi connectivity index (χ0n) is 15.6. The molecule has 25 heavy (non-hydrogen) atoms. The topological polar surface area (TPSA) is 55.2 Å². The van der Waals surface area contributed by atoms with E-state index in [0.29, 0.717) is 32.1 Å². The number of carbonyl (C=O) groups is 1. The van der Waals surface area contributed by atoms with Gasteiger partial charge in [0.05, 0.1) is 19.3 Å². The molecule has 0 aliphatic carbocycles. The molecule has 140 valence electrons. The van der Waals surface area contributed by atoms with E-state index < -0.39 is 0 Å². The van der Waals surface area contributed by atoms with E-state index in [1.165, 1.54) is 0 Å². The lowest BCUT2D eigenvalue weighted by atomic mass is 9.73. The summed E-state index contributed by atoms with van der Waals surface area (Å²) in [5.74, 6) is 1.17. The number of ether oxygens (including phenoxy) is 2. The number of likely N-dealkylation sites (tertiary alicyclic amines) is 1. The molecule has 6 heteroatoms. The minimum atomic E-state index is -0.0971. The van der Waals surface area contributed by atoms with Crippen molar-refractivity contribution in [3.8, 4) is 0 Å². The van der Waals surface area contributed by atoms with Crippen molar-refractivity contribution < 1.29 is 18.7 Å². The molecule has 3 heterocycles. The third kappa shape index (κ3) is 4.25. The van der Waals surface area contributed by atoms with E-state index in [-0.39, 0.29) is 17.4 Å². The van der Waals surface area contributed by atoms with Crippen LogP contribution in [0.2, 0.25) is 0 Å². The number of furan rings is 1. The molecule has 0 saturated carbocycles. The molecule has 3 rings (SSSR count). The predicted molar refractivity (Wildman–Crippen MR) is 94.7 cm³/mol. The summed E-state index contributed by atoms with van der Waals surface area (Å²) in [6, 6.07) is 3.60. The highest BCUT2D eigenvalue weighted by atomic mass is 16.5. The van der Waals surface area contributed by atoms with Gasteiger partial charge >= 0.3 is 0 Å². The average molecular weight is 350 g/mol. The van der Waals surface area contributed by atoms with Crippen LogP contribution in [0, 0.1) is 12.3 Å². The summed E-state index contributed by atoms with van der Waals surface area (Å²) in [5.41, 5.74) is -0.0971. The van der Waals surface area contributed by atoms with Crippen LogP contribution in [-0.2, 0) is 9.47 Å². The molecule has 0 N–H and O–H groups in total. The number of hydrogen-bond donors (Lipinski definition) is 0. The third-order valence-corrected chi connectivity index (χ3v) is 5.30. The van der Waals surface area contributed by atoms with E-state index >= 15 is 0 Å². The molecule has 0 radical (unpaired) electrons. The number of amides is 1. The van der Waals surface area contributed by atoms with E-state index in [9.17, 15) is 4.79 Å². The first-order valence-electron chi connectivity index (χ1n) is 9.20. The fourth-order valence-corrected chi connectivity index (χ4v) is 3.90. The van der Waals surface area contributed by atoms with Crippen molar-refractivity contribution in [2.24, 2.45) is 5.41 Å². The van der Waals surface area contributed by atoms with Gasteiger partial charge in [0.1, 0.15) is 5.76 Å². The zero-order valence-corrected chi connectivity index (χ0v) is 15.6. The second kappa shape index (κ2) is 7.89. The van der Waals surface area contributed by atoms with E-state index in [2.05, 4.69) is 4.90 Å². The normalized spacial score (nSPS) is 26.7. The Bertz CT molecular complexity index is 586. The summed E-state index contributed by atoms with van der Waals surface area (Å²) in [5, 5.41) is 0. The molecule has 1 amide bonds. The van der Waals surface area contributed by atoms with Gasteiger partial charge in [-0.3, -0.25) is 4.79 Å². The number of hydrogen-bond acceptors (Lipinski definition) is 5. The molecule has 2 fully saturated rings. The number of piperidine rings is 1. The third-order valence-electron chi connectivity index (χ3n) is 5.30. The van der Waals surface area contributed by atoms with Gasteiger partial charge in [-0.15, -0.1) is 0 Å². The van der Waals surface area contributed by atoms with Crippen molar-refractivity contribution in [2.75, 3.05) is 53.6 Å². The Morgan fingerprint density at radius 2 is 2.28 bits per heavy atom. The Kier molecular flexibility index (Phi) is 5.81. The summed E-state index contributed by atoms with van der Waals surface area (Å²) in [6.07, 6.45) is 3.11. The second-order valence-corrected chi connectivity index (χ2v) is 7.61. The number of aryl methyl sites for hydroxylation is 1. The van der Waals surface area contributed by atoms with Crippen LogP contribution in [0.3, 0.4) is 0 Å². The molecule has 0 unspecified atom stereocenters. The van der Waals surface area contributed by atoms with Crippen LogP contribution in [-0.4, -0.2) is 75.4 Å². The lowest BCUT2D eigenvalue weighted by molar-refractivity contribution is -0.147. The Morgan fingerprint density at radius 3 is 3.00 bits per heavy atom. The molecule has 1 aromatic heterocycles. The number of likely N-dealkylation sites (N-methyl/N-ethyl adjacent to an activating group) is 1. The highest BCUT2D eigenvalue weighted by molar-refractivity contribution is 5.91. The molecule has 0 aromatic carbocycles. The molecule has 2 saturated heterocycles. The van der Waals surface area contributed by atoms with Crippen LogP contribution >= 0.6 is 0 Å². The van der Waals surface area contributed by atoms with E-state index in [1.54, 1.807) is 6.07 Å². The smallest absolute Gasteiger partial charge is 0.289 e. The van der Waals surface area contributed by atoms with E-state index in [4.69, 9.17) is 13.9 Å². The lowest BCUT2D eigenvalue weighted by Gasteiger charge is -2.50. The molecule has 1 aromatic rings. The summed E-state index contributed by atoms with van der Waals surface area (Å²) < 4.78 is 17.6. The van der Waals surface area contributed by atoms with Gasteiger partial charge in [0.25, 0.3) is 5.91 Å². The van der Waals surface area contributed by atoms with Crippen LogP contribution in [0.25, 0.3) is 0 Å². The van der Waals surface area contributed by atoms with Gasteiger partial charge in [0.15, 0.2) is 5.76 Å². The Labute approximate surface area is 150 Å². The highest BCUT2D eigenvalue weighted by Gasteiger charge is 2.47. The van der Waals surface area contributed by atoms with Crippen LogP contribution in [0.4, 0.5) is 0 Å². The fraction of sp³-hybridized carbons (Fsp3) is 0.737. The Hall–Kier alpha value is -1.37. The number of rotatable bonds is 6. The first-order chi connectivity index (χ1) is 12.0. The van der Waals surface area contributed by atoms with Gasteiger partial charge in [0.2, 0.25) is 0 Å². The summed E-state index contributed by atoms with van der Waals surface area (Å²) >= 11 is 0. The van der Waals surface area contributed by atoms with E-state index in [0.717, 1.165) is 38.2 Å².